The minimum Gasteiger partial charge on any atom is -0.375 e. The van der Waals surface area contributed by atoms with Crippen molar-refractivity contribution in [2.75, 3.05) is 6.61 Å². The molecule has 1 aliphatic heterocycles. The van der Waals surface area contributed by atoms with Crippen LogP contribution in [0.5, 0.6) is 0 Å². The molecule has 0 radical (unpaired) electrons. The van der Waals surface area contributed by atoms with E-state index < -0.39 is 0 Å². The summed E-state index contributed by atoms with van der Waals surface area (Å²) in [6, 6.07) is 6.05. The number of fused-ring (bicyclic) bond motifs is 3. The molecule has 13 heavy (non-hydrogen) atoms. The molecule has 0 aliphatic carbocycles. The van der Waals surface area contributed by atoms with E-state index in [-0.39, 0.29) is 0 Å². The van der Waals surface area contributed by atoms with Gasteiger partial charge in [0.05, 0.1) is 24.6 Å². The molecule has 3 heterocycles. The molecule has 3 nitrogen and oxygen atoms in total. The van der Waals surface area contributed by atoms with Crippen molar-refractivity contribution in [3.8, 4) is 0 Å². The summed E-state index contributed by atoms with van der Waals surface area (Å²) < 4.78 is 7.51. The van der Waals surface area contributed by atoms with Crippen molar-refractivity contribution in [1.82, 2.24) is 9.38 Å². The van der Waals surface area contributed by atoms with Crippen LogP contribution >= 0.6 is 0 Å². The van der Waals surface area contributed by atoms with Gasteiger partial charge in [-0.1, -0.05) is 6.07 Å². The number of ether oxygens (including phenoxy) is 1. The number of imidazole rings is 1. The van der Waals surface area contributed by atoms with E-state index in [0.717, 1.165) is 18.7 Å². The van der Waals surface area contributed by atoms with E-state index >= 15 is 0 Å². The zero-order valence-electron chi connectivity index (χ0n) is 7.23. The summed E-state index contributed by atoms with van der Waals surface area (Å²) in [5, 5.41) is 0. The number of rotatable bonds is 0. The number of hydrogen-bond acceptors (Lipinski definition) is 2. The Labute approximate surface area is 76.0 Å². The summed E-state index contributed by atoms with van der Waals surface area (Å²) in [5.74, 6) is 0. The van der Waals surface area contributed by atoms with Crippen LogP contribution in [0.4, 0.5) is 0 Å². The second-order valence-electron chi connectivity index (χ2n) is 3.24. The molecule has 0 unspecified atom stereocenters. The summed E-state index contributed by atoms with van der Waals surface area (Å²) in [4.78, 5) is 4.54. The van der Waals surface area contributed by atoms with Crippen molar-refractivity contribution >= 4 is 5.65 Å². The van der Waals surface area contributed by atoms with E-state index in [9.17, 15) is 0 Å². The van der Waals surface area contributed by atoms with Crippen LogP contribution in [0.3, 0.4) is 0 Å². The van der Waals surface area contributed by atoms with Crippen molar-refractivity contribution in [2.45, 2.75) is 13.0 Å². The monoisotopic (exact) mass is 174 g/mol. The Hall–Kier alpha value is -1.35. The molecule has 0 saturated carbocycles. The molecule has 0 fully saturated rings. The largest absolute Gasteiger partial charge is 0.375 e. The fraction of sp³-hybridized carbons (Fsp3) is 0.300. The lowest BCUT2D eigenvalue weighted by Gasteiger charge is -2.10. The predicted molar refractivity (Wildman–Crippen MR) is 48.6 cm³/mol. The van der Waals surface area contributed by atoms with E-state index in [2.05, 4.69) is 9.38 Å². The third-order valence-corrected chi connectivity index (χ3v) is 2.43. The van der Waals surface area contributed by atoms with Gasteiger partial charge >= 0.3 is 0 Å². The first-order valence-corrected chi connectivity index (χ1v) is 4.48. The Balaban J connectivity index is 2.34. The van der Waals surface area contributed by atoms with Gasteiger partial charge in [-0.25, -0.2) is 4.98 Å². The molecular weight excluding hydrogens is 164 g/mol. The maximum absolute atomic E-state index is 5.40. The van der Waals surface area contributed by atoms with E-state index in [1.54, 1.807) is 0 Å². The minimum atomic E-state index is 0.695. The van der Waals surface area contributed by atoms with Crippen molar-refractivity contribution in [2.24, 2.45) is 0 Å². The van der Waals surface area contributed by atoms with Crippen LogP contribution in [-0.2, 0) is 17.8 Å². The Bertz CT molecular complexity index is 447. The lowest BCUT2D eigenvalue weighted by Crippen LogP contribution is -2.10. The normalized spacial score (nSPS) is 16.0. The third kappa shape index (κ3) is 0.971. The van der Waals surface area contributed by atoms with Crippen LogP contribution in [0, 0.1) is 0 Å². The Kier molecular flexibility index (Phi) is 1.40. The van der Waals surface area contributed by atoms with Crippen LogP contribution in [0.2, 0.25) is 0 Å². The first-order valence-electron chi connectivity index (χ1n) is 4.48. The molecule has 3 rings (SSSR count). The number of aromatic nitrogens is 2. The van der Waals surface area contributed by atoms with Gasteiger partial charge in [-0.3, -0.25) is 0 Å². The highest BCUT2D eigenvalue weighted by molar-refractivity contribution is 5.43. The molecule has 1 aliphatic rings. The van der Waals surface area contributed by atoms with Crippen LogP contribution in [-0.4, -0.2) is 16.0 Å². The van der Waals surface area contributed by atoms with E-state index in [1.165, 1.54) is 11.4 Å². The average Bonchev–Trinajstić information content (AvgIpc) is 2.56. The van der Waals surface area contributed by atoms with E-state index in [1.807, 2.05) is 24.4 Å². The van der Waals surface area contributed by atoms with Gasteiger partial charge in [-0.2, -0.15) is 0 Å². The van der Waals surface area contributed by atoms with Gasteiger partial charge in [0.25, 0.3) is 0 Å². The lowest BCUT2D eigenvalue weighted by atomic mass is 10.2. The molecule has 0 aromatic carbocycles. The Morgan fingerprint density at radius 2 is 2.38 bits per heavy atom. The van der Waals surface area contributed by atoms with Crippen LogP contribution < -0.4 is 0 Å². The maximum Gasteiger partial charge on any atom is 0.137 e. The maximum atomic E-state index is 5.40. The standard InChI is InChI=1S/C10H10N2O/c1-2-5-12-9-7-13-6-4-8(9)11-10(12)3-1/h1-3,5H,4,6-7H2. The molecule has 0 atom stereocenters. The summed E-state index contributed by atoms with van der Waals surface area (Å²) in [6.45, 7) is 1.50. The van der Waals surface area contributed by atoms with Gasteiger partial charge in [0, 0.05) is 12.6 Å². The van der Waals surface area contributed by atoms with E-state index in [4.69, 9.17) is 4.74 Å². The Morgan fingerprint density at radius 3 is 3.38 bits per heavy atom. The van der Waals surface area contributed by atoms with Gasteiger partial charge in [-0.15, -0.1) is 0 Å². The molecular formula is C10H10N2O. The summed E-state index contributed by atoms with van der Waals surface area (Å²) in [6.07, 6.45) is 2.98. The summed E-state index contributed by atoms with van der Waals surface area (Å²) in [5.41, 5.74) is 3.43. The zero-order chi connectivity index (χ0) is 8.67. The Morgan fingerprint density at radius 1 is 1.38 bits per heavy atom. The average molecular weight is 174 g/mol. The first kappa shape index (κ1) is 7.09. The highest BCUT2D eigenvalue weighted by Gasteiger charge is 2.15. The molecule has 0 N–H and O–H groups in total. The molecule has 0 spiro atoms. The molecule has 0 bridgehead atoms. The summed E-state index contributed by atoms with van der Waals surface area (Å²) in [7, 11) is 0. The van der Waals surface area contributed by atoms with Crippen LogP contribution in [0.15, 0.2) is 24.4 Å². The van der Waals surface area contributed by atoms with Crippen molar-refractivity contribution < 1.29 is 4.74 Å². The second kappa shape index (κ2) is 2.57. The topological polar surface area (TPSA) is 26.5 Å². The molecule has 0 saturated heterocycles. The first-order chi connectivity index (χ1) is 6.45. The fourth-order valence-corrected chi connectivity index (χ4v) is 1.79. The molecule has 66 valence electrons. The zero-order valence-corrected chi connectivity index (χ0v) is 7.23. The van der Waals surface area contributed by atoms with Crippen molar-refractivity contribution in [3.63, 3.8) is 0 Å². The van der Waals surface area contributed by atoms with E-state index in [0.29, 0.717) is 6.61 Å². The van der Waals surface area contributed by atoms with Gasteiger partial charge in [-0.05, 0) is 12.1 Å². The lowest BCUT2D eigenvalue weighted by molar-refractivity contribution is 0.106. The van der Waals surface area contributed by atoms with Gasteiger partial charge in [0.15, 0.2) is 0 Å². The van der Waals surface area contributed by atoms with Gasteiger partial charge in [0.2, 0.25) is 0 Å². The number of nitrogens with zero attached hydrogens (tertiary/aromatic N) is 2. The van der Waals surface area contributed by atoms with Crippen molar-refractivity contribution in [3.05, 3.63) is 35.8 Å². The van der Waals surface area contributed by atoms with Gasteiger partial charge < -0.3 is 9.14 Å². The molecule has 2 aromatic rings. The van der Waals surface area contributed by atoms with Gasteiger partial charge in [0.1, 0.15) is 5.65 Å². The quantitative estimate of drug-likeness (QED) is 0.603. The smallest absolute Gasteiger partial charge is 0.137 e. The SMILES string of the molecule is c1ccn2c3c(nc2c1)CCOC3. The summed E-state index contributed by atoms with van der Waals surface area (Å²) >= 11 is 0. The number of hydrogen-bond donors (Lipinski definition) is 0. The third-order valence-electron chi connectivity index (χ3n) is 2.43. The van der Waals surface area contributed by atoms with Crippen molar-refractivity contribution in [1.29, 1.82) is 0 Å². The predicted octanol–water partition coefficient (Wildman–Crippen LogP) is 1.41. The fourth-order valence-electron chi connectivity index (χ4n) is 1.79. The molecule has 3 heteroatoms. The highest BCUT2D eigenvalue weighted by Crippen LogP contribution is 2.17. The highest BCUT2D eigenvalue weighted by atomic mass is 16.5. The number of pyridine rings is 1. The van der Waals surface area contributed by atoms with Crippen LogP contribution in [0.25, 0.3) is 5.65 Å². The second-order valence-corrected chi connectivity index (χ2v) is 3.24. The molecule has 0 amide bonds. The molecule has 2 aromatic heterocycles. The minimum absolute atomic E-state index is 0.695. The van der Waals surface area contributed by atoms with Crippen LogP contribution in [0.1, 0.15) is 11.4 Å².